The van der Waals surface area contributed by atoms with Crippen LogP contribution in [0.15, 0.2) is 41.4 Å². The molecule has 0 amide bonds. The van der Waals surface area contributed by atoms with Gasteiger partial charge in [-0.2, -0.15) is 0 Å². The van der Waals surface area contributed by atoms with Crippen LogP contribution in [0.25, 0.3) is 0 Å². The van der Waals surface area contributed by atoms with Gasteiger partial charge in [0.1, 0.15) is 0 Å². The van der Waals surface area contributed by atoms with Crippen LogP contribution in [0.5, 0.6) is 0 Å². The lowest BCUT2D eigenvalue weighted by Gasteiger charge is -2.32. The first kappa shape index (κ1) is 19.2. The number of pyridine rings is 1. The number of nitrogens with zero attached hydrogens (tertiary/aromatic N) is 1. The van der Waals surface area contributed by atoms with Gasteiger partial charge in [0.05, 0.1) is 30.1 Å². The number of aromatic nitrogens is 1. The highest BCUT2D eigenvalue weighted by atomic mass is 35.5. The summed E-state index contributed by atoms with van der Waals surface area (Å²) in [6.07, 6.45) is 2.47. The van der Waals surface area contributed by atoms with Crippen LogP contribution < -0.4 is 5.32 Å². The predicted octanol–water partition coefficient (Wildman–Crippen LogP) is 3.21. The summed E-state index contributed by atoms with van der Waals surface area (Å²) in [7, 11) is 0. The molecule has 0 atom stereocenters. The fourth-order valence-corrected chi connectivity index (χ4v) is 4.82. The molecule has 28 heavy (non-hydrogen) atoms. The molecule has 2 aliphatic rings. The van der Waals surface area contributed by atoms with E-state index in [0.717, 1.165) is 16.2 Å². The van der Waals surface area contributed by atoms with Gasteiger partial charge < -0.3 is 14.8 Å². The molecule has 1 aromatic carbocycles. The van der Waals surface area contributed by atoms with Crippen LogP contribution in [0.3, 0.4) is 0 Å². The number of carbonyl (C=O) groups excluding carboxylic acids is 2. The average molecular weight is 419 g/mol. The third-order valence-electron chi connectivity index (χ3n) is 4.71. The minimum absolute atomic E-state index is 0.0186. The van der Waals surface area contributed by atoms with E-state index in [1.54, 1.807) is 30.1 Å². The van der Waals surface area contributed by atoms with Crippen molar-refractivity contribution < 1.29 is 19.1 Å². The number of thioether (sulfide) groups is 1. The molecule has 146 valence electrons. The summed E-state index contributed by atoms with van der Waals surface area (Å²) in [5.74, 6) is -1.70. The number of esters is 2. The minimum Gasteiger partial charge on any atom is -0.416 e. The molecule has 1 aromatic heterocycles. The normalized spacial score (nSPS) is 18.6. The van der Waals surface area contributed by atoms with E-state index < -0.39 is 17.7 Å². The van der Waals surface area contributed by atoms with Crippen LogP contribution in [-0.4, -0.2) is 30.0 Å². The highest BCUT2D eigenvalue weighted by Gasteiger charge is 2.45. The molecule has 3 heterocycles. The maximum Gasteiger partial charge on any atom is 0.309 e. The molecule has 6 nitrogen and oxygen atoms in total. The molecule has 0 bridgehead atoms. The third-order valence-corrected chi connectivity index (χ3v) is 6.34. The Morgan fingerprint density at radius 2 is 1.89 bits per heavy atom. The number of nitrogens with one attached hydrogen (secondary N) is 1. The summed E-state index contributed by atoms with van der Waals surface area (Å²) in [6, 6.07) is 9.34. The Bertz CT molecular complexity index is 889. The molecule has 0 saturated carbocycles. The van der Waals surface area contributed by atoms with Gasteiger partial charge in [0.25, 0.3) is 5.79 Å². The van der Waals surface area contributed by atoms with Gasteiger partial charge in [-0.15, -0.1) is 11.8 Å². The molecule has 2 aromatic rings. The van der Waals surface area contributed by atoms with Crippen molar-refractivity contribution >= 4 is 35.3 Å². The molecule has 1 N–H and O–H groups in total. The van der Waals surface area contributed by atoms with Crippen molar-refractivity contribution in [3.63, 3.8) is 0 Å². The topological polar surface area (TPSA) is 77.5 Å². The lowest BCUT2D eigenvalue weighted by molar-refractivity contribution is -0.225. The number of hydrogen-bond acceptors (Lipinski definition) is 7. The Labute approximate surface area is 172 Å². The number of halogens is 1. The van der Waals surface area contributed by atoms with Crippen molar-refractivity contribution in [1.82, 2.24) is 10.3 Å². The number of rotatable bonds is 3. The van der Waals surface area contributed by atoms with Crippen molar-refractivity contribution in [3.05, 3.63) is 58.4 Å². The van der Waals surface area contributed by atoms with E-state index >= 15 is 0 Å². The van der Waals surface area contributed by atoms with Crippen LogP contribution >= 0.6 is 23.4 Å². The monoisotopic (exact) mass is 418 g/mol. The van der Waals surface area contributed by atoms with E-state index in [0.29, 0.717) is 29.3 Å². The van der Waals surface area contributed by atoms with Crippen molar-refractivity contribution in [2.75, 3.05) is 13.1 Å². The van der Waals surface area contributed by atoms with E-state index in [9.17, 15) is 9.59 Å². The third kappa shape index (κ3) is 3.87. The molecule has 4 rings (SSSR count). The van der Waals surface area contributed by atoms with Crippen LogP contribution in [-0.2, 0) is 37.0 Å². The highest BCUT2D eigenvalue weighted by Crippen LogP contribution is 2.42. The zero-order valence-electron chi connectivity index (χ0n) is 15.1. The number of ether oxygens (including phenoxy) is 2. The van der Waals surface area contributed by atoms with Crippen LogP contribution in [0.1, 0.15) is 29.7 Å². The molecule has 0 aliphatic carbocycles. The Balaban J connectivity index is 1.74. The van der Waals surface area contributed by atoms with Crippen molar-refractivity contribution in [1.29, 1.82) is 0 Å². The second-order valence-electron chi connectivity index (χ2n) is 6.64. The van der Waals surface area contributed by atoms with E-state index in [1.165, 1.54) is 0 Å². The number of fused-ring (bicyclic) bond motifs is 2. The first-order valence-corrected chi connectivity index (χ1v) is 10.4. The van der Waals surface area contributed by atoms with E-state index in [4.69, 9.17) is 21.1 Å². The second kappa shape index (κ2) is 8.11. The predicted molar refractivity (Wildman–Crippen MR) is 105 cm³/mol. The summed E-state index contributed by atoms with van der Waals surface area (Å²) in [4.78, 5) is 29.6. The van der Waals surface area contributed by atoms with Crippen molar-refractivity contribution in [2.24, 2.45) is 0 Å². The highest BCUT2D eigenvalue weighted by molar-refractivity contribution is 7.98. The smallest absolute Gasteiger partial charge is 0.309 e. The molecule has 0 radical (unpaired) electrons. The fraction of sp³-hybridized carbons (Fsp3) is 0.350. The molecule has 8 heteroatoms. The zero-order valence-corrected chi connectivity index (χ0v) is 16.6. The zero-order chi connectivity index (χ0) is 19.6. The summed E-state index contributed by atoms with van der Waals surface area (Å²) in [6.45, 7) is 0.866. The SMILES string of the molecule is O=C1CCC(=O)OC2(CNCCc3c2ccc(Cl)c3SCc2ccccn2)O1. The van der Waals surface area contributed by atoms with E-state index in [2.05, 4.69) is 10.3 Å². The molecule has 1 saturated heterocycles. The summed E-state index contributed by atoms with van der Waals surface area (Å²) in [5, 5.41) is 3.84. The van der Waals surface area contributed by atoms with Gasteiger partial charge in [-0.3, -0.25) is 14.6 Å². The quantitative estimate of drug-likeness (QED) is 0.605. The molecule has 2 aliphatic heterocycles. The van der Waals surface area contributed by atoms with Gasteiger partial charge in [-0.25, -0.2) is 0 Å². The number of benzene rings is 1. The maximum atomic E-state index is 12.2. The van der Waals surface area contributed by atoms with Crippen molar-refractivity contribution in [2.45, 2.75) is 35.7 Å². The largest absolute Gasteiger partial charge is 0.416 e. The van der Waals surface area contributed by atoms with Gasteiger partial charge >= 0.3 is 11.9 Å². The van der Waals surface area contributed by atoms with Gasteiger partial charge in [0, 0.05) is 22.4 Å². The van der Waals surface area contributed by atoms with Gasteiger partial charge in [0.2, 0.25) is 0 Å². The molecular formula is C20H19ClN2O4S. The average Bonchev–Trinajstić information content (AvgIpc) is 2.95. The maximum absolute atomic E-state index is 12.2. The van der Waals surface area contributed by atoms with Crippen LogP contribution in [0.4, 0.5) is 0 Å². The Morgan fingerprint density at radius 1 is 1.11 bits per heavy atom. The van der Waals surface area contributed by atoms with Gasteiger partial charge in [0.15, 0.2) is 0 Å². The minimum atomic E-state index is -1.46. The molecular weight excluding hydrogens is 400 g/mol. The lowest BCUT2D eigenvalue weighted by atomic mass is 9.98. The summed E-state index contributed by atoms with van der Waals surface area (Å²) >= 11 is 8.10. The van der Waals surface area contributed by atoms with Crippen molar-refractivity contribution in [3.8, 4) is 0 Å². The standard InChI is InChI=1S/C20H19ClN2O4S/c21-16-5-4-15-14(19(16)28-11-13-3-1-2-9-23-13)8-10-22-12-20(15)26-17(24)6-7-18(25)27-20/h1-5,9,22H,6-8,10-12H2. The lowest BCUT2D eigenvalue weighted by Crippen LogP contribution is -2.43. The van der Waals surface area contributed by atoms with Gasteiger partial charge in [-0.1, -0.05) is 17.7 Å². The molecule has 1 spiro atoms. The van der Waals surface area contributed by atoms with Crippen LogP contribution in [0.2, 0.25) is 5.02 Å². The van der Waals surface area contributed by atoms with Gasteiger partial charge in [-0.05, 0) is 42.8 Å². The number of carbonyl (C=O) groups is 2. The molecule has 1 fully saturated rings. The summed E-state index contributed by atoms with van der Waals surface area (Å²) in [5.41, 5.74) is 2.55. The Kier molecular flexibility index (Phi) is 5.57. The first-order valence-electron chi connectivity index (χ1n) is 9.06. The first-order chi connectivity index (χ1) is 13.6. The fourth-order valence-electron chi connectivity index (χ4n) is 3.43. The second-order valence-corrected chi connectivity index (χ2v) is 8.03. The Morgan fingerprint density at radius 3 is 2.61 bits per heavy atom. The number of hydrogen-bond donors (Lipinski definition) is 1. The van der Waals surface area contributed by atoms with E-state index in [1.807, 2.05) is 18.2 Å². The molecule has 0 unspecified atom stereocenters. The summed E-state index contributed by atoms with van der Waals surface area (Å²) < 4.78 is 11.3. The Hall–Kier alpha value is -2.09. The van der Waals surface area contributed by atoms with Crippen LogP contribution in [0, 0.1) is 0 Å². The van der Waals surface area contributed by atoms with E-state index in [-0.39, 0.29) is 19.4 Å².